The van der Waals surface area contributed by atoms with Crippen LogP contribution in [0.2, 0.25) is 0 Å². The molecule has 1 unspecified atom stereocenters. The molecule has 3 N–H and O–H groups in total. The number of aliphatic hydroxyl groups is 3. The van der Waals surface area contributed by atoms with Crippen LogP contribution < -0.4 is 0 Å². The second-order valence-corrected chi connectivity index (χ2v) is 4.96. The lowest BCUT2D eigenvalue weighted by atomic mass is 10.00. The Morgan fingerprint density at radius 3 is 2.62 bits per heavy atom. The maximum atomic E-state index is 12.0. The van der Waals surface area contributed by atoms with Gasteiger partial charge in [-0.05, 0) is 12.8 Å². The number of ether oxygens (including phenoxy) is 2. The Balaban J connectivity index is 2.77. The van der Waals surface area contributed by atoms with Gasteiger partial charge in [-0.1, -0.05) is 26.7 Å². The Hall–Kier alpha value is -1.60. The van der Waals surface area contributed by atoms with E-state index in [-0.39, 0.29) is 5.92 Å². The minimum Gasteiger partial charge on any atom is -0.505 e. The van der Waals surface area contributed by atoms with Crippen LogP contribution in [0.4, 0.5) is 0 Å². The lowest BCUT2D eigenvalue weighted by Gasteiger charge is -2.14. The fourth-order valence-corrected chi connectivity index (χ4v) is 2.03. The van der Waals surface area contributed by atoms with E-state index in [1.807, 2.05) is 13.8 Å². The zero-order chi connectivity index (χ0) is 16.0. The van der Waals surface area contributed by atoms with Crippen LogP contribution in [0.15, 0.2) is 11.5 Å². The van der Waals surface area contributed by atoms with Crippen LogP contribution in [-0.2, 0) is 19.1 Å². The van der Waals surface area contributed by atoms with Crippen LogP contribution in [0, 0.1) is 5.92 Å². The van der Waals surface area contributed by atoms with Crippen molar-refractivity contribution in [1.29, 1.82) is 0 Å². The van der Waals surface area contributed by atoms with E-state index in [0.717, 1.165) is 12.8 Å². The smallest absolute Gasteiger partial charge is 0.378 e. The van der Waals surface area contributed by atoms with Crippen molar-refractivity contribution in [3.63, 3.8) is 0 Å². The summed E-state index contributed by atoms with van der Waals surface area (Å²) >= 11 is 0. The summed E-state index contributed by atoms with van der Waals surface area (Å²) < 4.78 is 9.62. The molecule has 3 atom stereocenters. The summed E-state index contributed by atoms with van der Waals surface area (Å²) in [7, 11) is 0. The summed E-state index contributed by atoms with van der Waals surface area (Å²) in [6.45, 7) is 3.14. The van der Waals surface area contributed by atoms with Crippen molar-refractivity contribution in [3.8, 4) is 0 Å². The number of esters is 2. The standard InChI is InChI=1S/C14H22O7/c1-3-5-6-8(4-2)13(18)21-12-10(17)11(9(16)7-15)20-14(12)19/h8-9,11,15-17H,3-7H2,1-2H3/t8?,9-,11+/m0/s1. The Morgan fingerprint density at radius 1 is 1.43 bits per heavy atom. The van der Waals surface area contributed by atoms with Crippen LogP contribution in [0.1, 0.15) is 39.5 Å². The molecule has 7 nitrogen and oxygen atoms in total. The van der Waals surface area contributed by atoms with Gasteiger partial charge in [-0.3, -0.25) is 4.79 Å². The number of rotatable bonds is 8. The van der Waals surface area contributed by atoms with Crippen molar-refractivity contribution < 1.29 is 34.4 Å². The molecule has 1 rings (SSSR count). The highest BCUT2D eigenvalue weighted by molar-refractivity contribution is 5.92. The highest BCUT2D eigenvalue weighted by atomic mass is 16.6. The number of hydrogen-bond acceptors (Lipinski definition) is 7. The summed E-state index contributed by atoms with van der Waals surface area (Å²) in [5, 5.41) is 28.0. The minimum absolute atomic E-state index is 0.361. The lowest BCUT2D eigenvalue weighted by molar-refractivity contribution is -0.155. The van der Waals surface area contributed by atoms with Crippen molar-refractivity contribution in [2.45, 2.75) is 51.7 Å². The first-order valence-corrected chi connectivity index (χ1v) is 7.10. The number of carbonyl (C=O) groups excluding carboxylic acids is 2. The van der Waals surface area contributed by atoms with Crippen molar-refractivity contribution in [3.05, 3.63) is 11.5 Å². The molecule has 0 radical (unpaired) electrons. The molecule has 120 valence electrons. The molecule has 0 saturated heterocycles. The van der Waals surface area contributed by atoms with Crippen LogP contribution in [0.5, 0.6) is 0 Å². The molecule has 7 heteroatoms. The number of cyclic esters (lactones) is 1. The molecular formula is C14H22O7. The Kier molecular flexibility index (Phi) is 6.64. The Labute approximate surface area is 123 Å². The molecule has 0 aromatic heterocycles. The summed E-state index contributed by atoms with van der Waals surface area (Å²) in [5.41, 5.74) is 0. The number of aliphatic hydroxyl groups excluding tert-OH is 3. The molecule has 1 aliphatic rings. The van der Waals surface area contributed by atoms with Crippen LogP contribution in [0.3, 0.4) is 0 Å². The third-order valence-electron chi connectivity index (χ3n) is 3.39. The third-order valence-corrected chi connectivity index (χ3v) is 3.39. The molecule has 0 aliphatic carbocycles. The Bertz CT molecular complexity index is 416. The largest absolute Gasteiger partial charge is 0.505 e. The Morgan fingerprint density at radius 2 is 2.10 bits per heavy atom. The van der Waals surface area contributed by atoms with Gasteiger partial charge in [-0.15, -0.1) is 0 Å². The fraction of sp³-hybridized carbons (Fsp3) is 0.714. The summed E-state index contributed by atoms with van der Waals surface area (Å²) in [6, 6.07) is 0. The minimum atomic E-state index is -1.47. The fourth-order valence-electron chi connectivity index (χ4n) is 2.03. The van der Waals surface area contributed by atoms with Gasteiger partial charge in [0.2, 0.25) is 0 Å². The van der Waals surface area contributed by atoms with Crippen LogP contribution in [0.25, 0.3) is 0 Å². The highest BCUT2D eigenvalue weighted by Crippen LogP contribution is 2.26. The molecule has 1 aliphatic heterocycles. The van der Waals surface area contributed by atoms with E-state index < -0.39 is 42.3 Å². The van der Waals surface area contributed by atoms with E-state index in [9.17, 15) is 19.8 Å². The topological polar surface area (TPSA) is 113 Å². The van der Waals surface area contributed by atoms with Crippen molar-refractivity contribution >= 4 is 11.9 Å². The first kappa shape index (κ1) is 17.5. The second-order valence-electron chi connectivity index (χ2n) is 4.96. The molecule has 1 heterocycles. The average Bonchev–Trinajstić information content (AvgIpc) is 2.75. The summed E-state index contributed by atoms with van der Waals surface area (Å²) in [5.74, 6) is -3.26. The van der Waals surface area contributed by atoms with Crippen molar-refractivity contribution in [2.24, 2.45) is 5.92 Å². The van der Waals surface area contributed by atoms with Gasteiger partial charge in [0, 0.05) is 0 Å². The normalized spacial score (nSPS) is 21.1. The molecule has 0 aromatic carbocycles. The van der Waals surface area contributed by atoms with Crippen molar-refractivity contribution in [1.82, 2.24) is 0 Å². The second kappa shape index (κ2) is 7.99. The lowest BCUT2D eigenvalue weighted by Crippen LogP contribution is -2.31. The number of carbonyl (C=O) groups is 2. The van der Waals surface area contributed by atoms with Gasteiger partial charge < -0.3 is 24.8 Å². The van der Waals surface area contributed by atoms with Gasteiger partial charge >= 0.3 is 11.9 Å². The predicted octanol–water partition coefficient (Wildman–Crippen LogP) is 0.794. The summed E-state index contributed by atoms with van der Waals surface area (Å²) in [4.78, 5) is 23.6. The third kappa shape index (κ3) is 4.18. The summed E-state index contributed by atoms with van der Waals surface area (Å²) in [6.07, 6.45) is 0.120. The molecule has 0 amide bonds. The maximum absolute atomic E-state index is 12.0. The quantitative estimate of drug-likeness (QED) is 0.568. The van der Waals surface area contributed by atoms with E-state index in [0.29, 0.717) is 12.8 Å². The van der Waals surface area contributed by atoms with E-state index in [2.05, 4.69) is 4.74 Å². The van der Waals surface area contributed by atoms with E-state index in [4.69, 9.17) is 9.84 Å². The number of unbranched alkanes of at least 4 members (excludes halogenated alkanes) is 1. The van der Waals surface area contributed by atoms with E-state index in [1.165, 1.54) is 0 Å². The monoisotopic (exact) mass is 302 g/mol. The van der Waals surface area contributed by atoms with E-state index >= 15 is 0 Å². The molecule has 0 saturated carbocycles. The van der Waals surface area contributed by atoms with Crippen LogP contribution in [-0.4, -0.2) is 46.1 Å². The van der Waals surface area contributed by atoms with Crippen LogP contribution >= 0.6 is 0 Å². The molecule has 0 bridgehead atoms. The zero-order valence-electron chi connectivity index (χ0n) is 12.2. The molecule has 0 fully saturated rings. The zero-order valence-corrected chi connectivity index (χ0v) is 12.2. The number of hydrogen-bond donors (Lipinski definition) is 3. The first-order valence-electron chi connectivity index (χ1n) is 7.10. The molecular weight excluding hydrogens is 280 g/mol. The first-order chi connectivity index (χ1) is 9.96. The average molecular weight is 302 g/mol. The van der Waals surface area contributed by atoms with Crippen molar-refractivity contribution in [2.75, 3.05) is 6.61 Å². The molecule has 21 heavy (non-hydrogen) atoms. The van der Waals surface area contributed by atoms with Gasteiger partial charge in [-0.25, -0.2) is 4.79 Å². The SMILES string of the molecule is CCCCC(CC)C(=O)OC1=C(O)[C@@H]([C@@H](O)CO)OC1=O. The predicted molar refractivity (Wildman–Crippen MR) is 72.0 cm³/mol. The maximum Gasteiger partial charge on any atom is 0.378 e. The van der Waals surface area contributed by atoms with Gasteiger partial charge in [-0.2, -0.15) is 0 Å². The van der Waals surface area contributed by atoms with Gasteiger partial charge in [0.1, 0.15) is 6.10 Å². The van der Waals surface area contributed by atoms with Gasteiger partial charge in [0.15, 0.2) is 11.9 Å². The molecule has 0 spiro atoms. The molecule has 0 aromatic rings. The van der Waals surface area contributed by atoms with E-state index in [1.54, 1.807) is 0 Å². The van der Waals surface area contributed by atoms with Gasteiger partial charge in [0.05, 0.1) is 12.5 Å². The highest BCUT2D eigenvalue weighted by Gasteiger charge is 2.41. The van der Waals surface area contributed by atoms with Gasteiger partial charge in [0.25, 0.3) is 5.76 Å².